The lowest BCUT2D eigenvalue weighted by atomic mass is 9.98. The van der Waals surface area contributed by atoms with E-state index >= 15 is 0 Å². The van der Waals surface area contributed by atoms with Crippen LogP contribution in [0, 0.1) is 5.92 Å². The number of nitrogens with zero attached hydrogens (tertiary/aromatic N) is 2. The summed E-state index contributed by atoms with van der Waals surface area (Å²) in [5.74, 6) is -1.24. The highest BCUT2D eigenvalue weighted by molar-refractivity contribution is 7.15. The number of halogens is 3. The summed E-state index contributed by atoms with van der Waals surface area (Å²) in [5, 5.41) is 3.89. The summed E-state index contributed by atoms with van der Waals surface area (Å²) in [4.78, 5) is 7.04. The van der Waals surface area contributed by atoms with Crippen LogP contribution in [0.2, 0.25) is 0 Å². The third-order valence-electron chi connectivity index (χ3n) is 3.48. The molecule has 2 rings (SSSR count). The highest BCUT2D eigenvalue weighted by Crippen LogP contribution is 2.35. The highest BCUT2D eigenvalue weighted by atomic mass is 32.1. The van der Waals surface area contributed by atoms with Crippen molar-refractivity contribution in [3.05, 3.63) is 11.1 Å². The Labute approximate surface area is 126 Å². The van der Waals surface area contributed by atoms with Gasteiger partial charge in [-0.25, -0.2) is 4.98 Å². The molecule has 1 atom stereocenters. The molecule has 0 amide bonds. The second kappa shape index (κ2) is 7.42. The fraction of sp³-hybridized carbons (Fsp3) is 0.769. The fourth-order valence-corrected chi connectivity index (χ4v) is 3.24. The lowest BCUT2D eigenvalue weighted by Crippen LogP contribution is -2.41. The van der Waals surface area contributed by atoms with E-state index in [1.165, 1.54) is 11.3 Å². The summed E-state index contributed by atoms with van der Waals surface area (Å²) >= 11 is 1.45. The van der Waals surface area contributed by atoms with E-state index in [1.807, 2.05) is 0 Å². The first-order valence-electron chi connectivity index (χ1n) is 6.96. The standard InChI is InChI=1S/C13H20F3N3OS/c1-20-6-4-17-7-11-8-18-12(21-11)19-5-2-3-10(9-19)13(14,15)16/h8,10,17H,2-7,9H2,1H3. The van der Waals surface area contributed by atoms with Gasteiger partial charge in [0.1, 0.15) is 0 Å². The summed E-state index contributed by atoms with van der Waals surface area (Å²) in [6.45, 7) is 2.70. The molecule has 1 aromatic rings. The number of thiazole rings is 1. The zero-order chi connectivity index (χ0) is 15.3. The van der Waals surface area contributed by atoms with Crippen molar-refractivity contribution >= 4 is 16.5 Å². The van der Waals surface area contributed by atoms with Crippen LogP contribution in [0.1, 0.15) is 17.7 Å². The molecule has 8 heteroatoms. The van der Waals surface area contributed by atoms with Gasteiger partial charge in [0.25, 0.3) is 0 Å². The average Bonchev–Trinajstić information content (AvgIpc) is 2.92. The molecule has 1 aromatic heterocycles. The van der Waals surface area contributed by atoms with Gasteiger partial charge in [0.15, 0.2) is 5.13 Å². The van der Waals surface area contributed by atoms with Crippen molar-refractivity contribution in [1.82, 2.24) is 10.3 Å². The number of ether oxygens (including phenoxy) is 1. The third kappa shape index (κ3) is 4.82. The molecular weight excluding hydrogens is 303 g/mol. The Morgan fingerprint density at radius 1 is 1.52 bits per heavy atom. The lowest BCUT2D eigenvalue weighted by Gasteiger charge is -2.33. The maximum Gasteiger partial charge on any atom is 0.393 e. The van der Waals surface area contributed by atoms with Crippen LogP contribution in [-0.4, -0.2) is 44.5 Å². The van der Waals surface area contributed by atoms with Gasteiger partial charge in [-0.3, -0.25) is 0 Å². The minimum atomic E-state index is -4.11. The number of hydrogen-bond acceptors (Lipinski definition) is 5. The van der Waals surface area contributed by atoms with Gasteiger partial charge >= 0.3 is 6.18 Å². The third-order valence-corrected chi connectivity index (χ3v) is 4.54. The Morgan fingerprint density at radius 3 is 3.05 bits per heavy atom. The molecule has 0 radical (unpaired) electrons. The van der Waals surface area contributed by atoms with Gasteiger partial charge in [-0.1, -0.05) is 0 Å². The summed E-state index contributed by atoms with van der Waals surface area (Å²) in [7, 11) is 1.64. The summed E-state index contributed by atoms with van der Waals surface area (Å²) < 4.78 is 43.4. The molecule has 2 heterocycles. The van der Waals surface area contributed by atoms with Crippen molar-refractivity contribution in [2.24, 2.45) is 5.92 Å². The van der Waals surface area contributed by atoms with Gasteiger partial charge in [-0.2, -0.15) is 13.2 Å². The van der Waals surface area contributed by atoms with E-state index in [4.69, 9.17) is 4.74 Å². The number of anilines is 1. The second-order valence-corrected chi connectivity index (χ2v) is 6.20. The molecule has 120 valence electrons. The Hall–Kier alpha value is -0.860. The Morgan fingerprint density at radius 2 is 2.33 bits per heavy atom. The summed E-state index contributed by atoms with van der Waals surface area (Å²) in [5.41, 5.74) is 0. The number of piperidine rings is 1. The molecule has 0 aromatic carbocycles. The molecule has 1 N–H and O–H groups in total. The fourth-order valence-electron chi connectivity index (χ4n) is 2.33. The summed E-state index contributed by atoms with van der Waals surface area (Å²) in [6, 6.07) is 0. The van der Waals surface area contributed by atoms with Crippen LogP contribution in [0.4, 0.5) is 18.3 Å². The number of hydrogen-bond donors (Lipinski definition) is 1. The van der Waals surface area contributed by atoms with Crippen LogP contribution in [0.3, 0.4) is 0 Å². The smallest absolute Gasteiger partial charge is 0.383 e. The minimum Gasteiger partial charge on any atom is -0.383 e. The van der Waals surface area contributed by atoms with Gasteiger partial charge < -0.3 is 15.0 Å². The molecule has 1 aliphatic rings. The number of alkyl halides is 3. The van der Waals surface area contributed by atoms with E-state index in [1.54, 1.807) is 18.2 Å². The first kappa shape index (κ1) is 16.5. The molecule has 0 aliphatic carbocycles. The molecule has 1 fully saturated rings. The molecule has 0 bridgehead atoms. The van der Waals surface area contributed by atoms with Crippen molar-refractivity contribution < 1.29 is 17.9 Å². The Balaban J connectivity index is 1.88. The van der Waals surface area contributed by atoms with Crippen molar-refractivity contribution in [2.45, 2.75) is 25.6 Å². The van der Waals surface area contributed by atoms with Crippen LogP contribution >= 0.6 is 11.3 Å². The zero-order valence-electron chi connectivity index (χ0n) is 11.9. The predicted molar refractivity (Wildman–Crippen MR) is 76.7 cm³/mol. The molecular formula is C13H20F3N3OS. The van der Waals surface area contributed by atoms with Crippen LogP contribution in [0.15, 0.2) is 6.20 Å². The van der Waals surface area contributed by atoms with Gasteiger partial charge in [-0.05, 0) is 12.8 Å². The molecule has 1 aliphatic heterocycles. The van der Waals surface area contributed by atoms with Crippen molar-refractivity contribution in [3.8, 4) is 0 Å². The van der Waals surface area contributed by atoms with E-state index in [9.17, 15) is 13.2 Å². The van der Waals surface area contributed by atoms with E-state index in [0.29, 0.717) is 31.2 Å². The van der Waals surface area contributed by atoms with E-state index < -0.39 is 12.1 Å². The summed E-state index contributed by atoms with van der Waals surface area (Å²) in [6.07, 6.45) is -1.60. The lowest BCUT2D eigenvalue weighted by molar-refractivity contribution is -0.175. The van der Waals surface area contributed by atoms with Gasteiger partial charge in [0.05, 0.1) is 12.5 Å². The maximum atomic E-state index is 12.8. The average molecular weight is 323 g/mol. The number of rotatable bonds is 6. The van der Waals surface area contributed by atoms with Gasteiger partial charge in [0.2, 0.25) is 0 Å². The van der Waals surface area contributed by atoms with Crippen molar-refractivity contribution in [2.75, 3.05) is 38.3 Å². The first-order valence-corrected chi connectivity index (χ1v) is 7.78. The Bertz CT molecular complexity index is 439. The van der Waals surface area contributed by atoms with Crippen LogP contribution in [0.5, 0.6) is 0 Å². The van der Waals surface area contributed by atoms with Crippen LogP contribution in [-0.2, 0) is 11.3 Å². The minimum absolute atomic E-state index is 0.0214. The van der Waals surface area contributed by atoms with Crippen molar-refractivity contribution in [1.29, 1.82) is 0 Å². The predicted octanol–water partition coefficient (Wildman–Crippen LogP) is 2.66. The topological polar surface area (TPSA) is 37.4 Å². The zero-order valence-corrected chi connectivity index (χ0v) is 12.8. The largest absolute Gasteiger partial charge is 0.393 e. The van der Waals surface area contributed by atoms with Gasteiger partial charge in [0, 0.05) is 44.4 Å². The van der Waals surface area contributed by atoms with Crippen LogP contribution in [0.25, 0.3) is 0 Å². The van der Waals surface area contributed by atoms with E-state index in [0.717, 1.165) is 11.4 Å². The quantitative estimate of drug-likeness (QED) is 0.817. The molecule has 1 unspecified atom stereocenters. The highest BCUT2D eigenvalue weighted by Gasteiger charge is 2.42. The Kier molecular flexibility index (Phi) is 5.83. The molecule has 1 saturated heterocycles. The van der Waals surface area contributed by atoms with Crippen molar-refractivity contribution in [3.63, 3.8) is 0 Å². The first-order chi connectivity index (χ1) is 10.0. The van der Waals surface area contributed by atoms with Gasteiger partial charge in [-0.15, -0.1) is 11.3 Å². The number of aromatic nitrogens is 1. The molecule has 4 nitrogen and oxygen atoms in total. The normalized spacial score (nSPS) is 20.0. The van der Waals surface area contributed by atoms with Crippen LogP contribution < -0.4 is 10.2 Å². The molecule has 0 spiro atoms. The van der Waals surface area contributed by atoms with E-state index in [-0.39, 0.29) is 13.0 Å². The molecule has 0 saturated carbocycles. The van der Waals surface area contributed by atoms with E-state index in [2.05, 4.69) is 10.3 Å². The molecule has 21 heavy (non-hydrogen) atoms. The maximum absolute atomic E-state index is 12.8. The number of methoxy groups -OCH3 is 1. The monoisotopic (exact) mass is 323 g/mol. The SMILES string of the molecule is COCCNCc1cnc(N2CCCC(C(F)(F)F)C2)s1. The second-order valence-electron chi connectivity index (χ2n) is 5.11. The number of nitrogens with one attached hydrogen (secondary N) is 1.